The number of hydrogen-bond donors (Lipinski definition) is 1. The highest BCUT2D eigenvalue weighted by molar-refractivity contribution is 4.68. The first kappa shape index (κ1) is 10.9. The van der Waals surface area contributed by atoms with Crippen molar-refractivity contribution >= 4 is 0 Å². The zero-order valence-corrected chi connectivity index (χ0v) is 7.89. The smallest absolute Gasteiger partial charge is 0.0849 e. The molecule has 0 spiro atoms. The standard InChI is InChI=1S/C9H20O2/c1-4-6-7-11-8-9(3,10)5-2/h10H,4-8H2,1-3H3. The van der Waals surface area contributed by atoms with E-state index in [-0.39, 0.29) is 0 Å². The second-order valence-electron chi connectivity index (χ2n) is 3.26. The molecule has 11 heavy (non-hydrogen) atoms. The summed E-state index contributed by atoms with van der Waals surface area (Å²) < 4.78 is 5.28. The van der Waals surface area contributed by atoms with Gasteiger partial charge in [0.25, 0.3) is 0 Å². The monoisotopic (exact) mass is 160 g/mol. The van der Waals surface area contributed by atoms with Crippen LogP contribution in [0.1, 0.15) is 40.0 Å². The first-order valence-electron chi connectivity index (χ1n) is 4.42. The van der Waals surface area contributed by atoms with E-state index in [1.807, 2.05) is 6.92 Å². The molecule has 0 aliphatic heterocycles. The highest BCUT2D eigenvalue weighted by Crippen LogP contribution is 2.08. The van der Waals surface area contributed by atoms with Crippen LogP contribution in [0.3, 0.4) is 0 Å². The number of rotatable bonds is 6. The van der Waals surface area contributed by atoms with Crippen molar-refractivity contribution in [3.63, 3.8) is 0 Å². The van der Waals surface area contributed by atoms with Gasteiger partial charge in [0, 0.05) is 6.61 Å². The van der Waals surface area contributed by atoms with Crippen LogP contribution in [0.2, 0.25) is 0 Å². The summed E-state index contributed by atoms with van der Waals surface area (Å²) in [5, 5.41) is 9.50. The Balaban J connectivity index is 3.23. The van der Waals surface area contributed by atoms with Crippen LogP contribution in [-0.2, 0) is 4.74 Å². The minimum atomic E-state index is -0.631. The fourth-order valence-corrected chi connectivity index (χ4v) is 0.641. The molecule has 0 heterocycles. The number of unbranched alkanes of at least 4 members (excludes halogenated alkanes) is 1. The van der Waals surface area contributed by atoms with Crippen molar-refractivity contribution in [2.45, 2.75) is 45.6 Å². The van der Waals surface area contributed by atoms with Crippen LogP contribution < -0.4 is 0 Å². The lowest BCUT2D eigenvalue weighted by atomic mass is 10.1. The molecule has 1 unspecified atom stereocenters. The van der Waals surface area contributed by atoms with Gasteiger partial charge in [-0.1, -0.05) is 20.3 Å². The van der Waals surface area contributed by atoms with Crippen molar-refractivity contribution in [2.24, 2.45) is 0 Å². The molecule has 0 aromatic rings. The fourth-order valence-electron chi connectivity index (χ4n) is 0.641. The van der Waals surface area contributed by atoms with Crippen LogP contribution in [0.4, 0.5) is 0 Å². The normalized spacial score (nSPS) is 16.4. The summed E-state index contributed by atoms with van der Waals surface area (Å²) in [6.07, 6.45) is 2.98. The van der Waals surface area contributed by atoms with Crippen LogP contribution in [0.25, 0.3) is 0 Å². The van der Waals surface area contributed by atoms with Crippen molar-refractivity contribution in [3.8, 4) is 0 Å². The van der Waals surface area contributed by atoms with Crippen LogP contribution in [0.5, 0.6) is 0 Å². The third-order valence-corrected chi connectivity index (χ3v) is 1.82. The Hall–Kier alpha value is -0.0800. The van der Waals surface area contributed by atoms with E-state index in [2.05, 4.69) is 6.92 Å². The van der Waals surface area contributed by atoms with Gasteiger partial charge in [0.2, 0.25) is 0 Å². The molecular weight excluding hydrogens is 140 g/mol. The summed E-state index contributed by atoms with van der Waals surface area (Å²) in [5.74, 6) is 0. The summed E-state index contributed by atoms with van der Waals surface area (Å²) in [6, 6.07) is 0. The van der Waals surface area contributed by atoms with Gasteiger partial charge in [-0.3, -0.25) is 0 Å². The summed E-state index contributed by atoms with van der Waals surface area (Å²) in [7, 11) is 0. The van der Waals surface area contributed by atoms with Gasteiger partial charge in [0.15, 0.2) is 0 Å². The van der Waals surface area contributed by atoms with Gasteiger partial charge < -0.3 is 9.84 Å². The molecular formula is C9H20O2. The molecule has 0 radical (unpaired) electrons. The number of aliphatic hydroxyl groups is 1. The first-order chi connectivity index (χ1) is 5.12. The predicted molar refractivity (Wildman–Crippen MR) is 46.6 cm³/mol. The Bertz CT molecular complexity index is 89.6. The van der Waals surface area contributed by atoms with E-state index in [1.54, 1.807) is 6.92 Å². The van der Waals surface area contributed by atoms with Crippen molar-refractivity contribution in [3.05, 3.63) is 0 Å². The quantitative estimate of drug-likeness (QED) is 0.602. The third kappa shape index (κ3) is 6.32. The van der Waals surface area contributed by atoms with E-state index in [1.165, 1.54) is 0 Å². The maximum absolute atomic E-state index is 9.50. The lowest BCUT2D eigenvalue weighted by Gasteiger charge is -2.20. The van der Waals surface area contributed by atoms with Crippen molar-refractivity contribution in [1.82, 2.24) is 0 Å². The van der Waals surface area contributed by atoms with Crippen LogP contribution in [0.15, 0.2) is 0 Å². The molecule has 0 aliphatic carbocycles. The third-order valence-electron chi connectivity index (χ3n) is 1.82. The second kappa shape index (κ2) is 5.56. The zero-order valence-electron chi connectivity index (χ0n) is 7.89. The average molecular weight is 160 g/mol. The molecule has 0 aromatic heterocycles. The molecule has 0 rings (SSSR count). The van der Waals surface area contributed by atoms with Gasteiger partial charge >= 0.3 is 0 Å². The highest BCUT2D eigenvalue weighted by Gasteiger charge is 2.16. The summed E-state index contributed by atoms with van der Waals surface area (Å²) in [5.41, 5.74) is -0.631. The SMILES string of the molecule is CCCCOCC(C)(O)CC. The Kier molecular flexibility index (Phi) is 5.51. The van der Waals surface area contributed by atoms with Crippen molar-refractivity contribution in [1.29, 1.82) is 0 Å². The second-order valence-corrected chi connectivity index (χ2v) is 3.26. The Morgan fingerprint density at radius 2 is 2.00 bits per heavy atom. The molecule has 0 aliphatic rings. The van der Waals surface area contributed by atoms with Gasteiger partial charge in [-0.05, 0) is 19.8 Å². The minimum Gasteiger partial charge on any atom is -0.388 e. The molecule has 2 heteroatoms. The molecule has 68 valence electrons. The van der Waals surface area contributed by atoms with E-state index in [4.69, 9.17) is 4.74 Å². The number of hydrogen-bond acceptors (Lipinski definition) is 2. The molecule has 0 saturated heterocycles. The van der Waals surface area contributed by atoms with Crippen molar-refractivity contribution < 1.29 is 9.84 Å². The molecule has 0 aromatic carbocycles. The average Bonchev–Trinajstić information content (AvgIpc) is 1.99. The molecule has 0 bridgehead atoms. The fraction of sp³-hybridized carbons (Fsp3) is 1.00. The topological polar surface area (TPSA) is 29.5 Å². The summed E-state index contributed by atoms with van der Waals surface area (Å²) >= 11 is 0. The first-order valence-corrected chi connectivity index (χ1v) is 4.42. The number of ether oxygens (including phenoxy) is 1. The lowest BCUT2D eigenvalue weighted by molar-refractivity contribution is -0.0362. The van der Waals surface area contributed by atoms with Gasteiger partial charge in [-0.25, -0.2) is 0 Å². The zero-order chi connectivity index (χ0) is 8.74. The minimum absolute atomic E-state index is 0.462. The lowest BCUT2D eigenvalue weighted by Crippen LogP contribution is -2.29. The van der Waals surface area contributed by atoms with Crippen LogP contribution in [0, 0.1) is 0 Å². The molecule has 2 nitrogen and oxygen atoms in total. The maximum Gasteiger partial charge on any atom is 0.0849 e. The molecule has 0 fully saturated rings. The van der Waals surface area contributed by atoms with Gasteiger partial charge in [-0.15, -0.1) is 0 Å². The summed E-state index contributed by atoms with van der Waals surface area (Å²) in [4.78, 5) is 0. The van der Waals surface area contributed by atoms with Crippen molar-refractivity contribution in [2.75, 3.05) is 13.2 Å². The maximum atomic E-state index is 9.50. The molecule has 0 amide bonds. The molecule has 1 atom stereocenters. The van der Waals surface area contributed by atoms with Gasteiger partial charge in [0.05, 0.1) is 12.2 Å². The van der Waals surface area contributed by atoms with E-state index in [9.17, 15) is 5.11 Å². The Morgan fingerprint density at radius 3 is 2.45 bits per heavy atom. The molecule has 1 N–H and O–H groups in total. The Morgan fingerprint density at radius 1 is 1.36 bits per heavy atom. The highest BCUT2D eigenvalue weighted by atomic mass is 16.5. The van der Waals surface area contributed by atoms with Crippen LogP contribution >= 0.6 is 0 Å². The van der Waals surface area contributed by atoms with E-state index < -0.39 is 5.60 Å². The van der Waals surface area contributed by atoms with E-state index in [0.717, 1.165) is 25.9 Å². The molecule has 0 saturated carbocycles. The van der Waals surface area contributed by atoms with Gasteiger partial charge in [0.1, 0.15) is 0 Å². The van der Waals surface area contributed by atoms with Crippen LogP contribution in [-0.4, -0.2) is 23.9 Å². The van der Waals surface area contributed by atoms with Gasteiger partial charge in [-0.2, -0.15) is 0 Å². The Labute approximate surface area is 69.6 Å². The summed E-state index contributed by atoms with van der Waals surface area (Å²) in [6.45, 7) is 7.12. The predicted octanol–water partition coefficient (Wildman–Crippen LogP) is 1.96. The van der Waals surface area contributed by atoms with E-state index in [0.29, 0.717) is 6.61 Å². The largest absolute Gasteiger partial charge is 0.388 e. The van der Waals surface area contributed by atoms with E-state index >= 15 is 0 Å².